The van der Waals surface area contributed by atoms with Crippen molar-refractivity contribution in [2.45, 2.75) is 9.95 Å². The summed E-state index contributed by atoms with van der Waals surface area (Å²) in [4.78, 5) is 0. The first-order chi connectivity index (χ1) is 12.1. The molecule has 130 valence electrons. The van der Waals surface area contributed by atoms with Crippen LogP contribution in [0.3, 0.4) is 0 Å². The summed E-state index contributed by atoms with van der Waals surface area (Å²) in [7, 11) is 1.68. The number of halogens is 1. The van der Waals surface area contributed by atoms with Crippen molar-refractivity contribution in [2.75, 3.05) is 12.9 Å². The van der Waals surface area contributed by atoms with Gasteiger partial charge in [-0.2, -0.15) is 0 Å². The maximum atomic E-state index is 5.26. The third kappa shape index (κ3) is 4.48. The van der Waals surface area contributed by atoms with Crippen LogP contribution in [-0.2, 0) is 0 Å². The molecule has 0 radical (unpaired) electrons. The van der Waals surface area contributed by atoms with Gasteiger partial charge in [0.05, 0.1) is 13.2 Å². The Labute approximate surface area is 161 Å². The molecule has 1 aliphatic rings. The van der Waals surface area contributed by atoms with E-state index in [0.29, 0.717) is 0 Å². The van der Waals surface area contributed by atoms with Gasteiger partial charge in [0.15, 0.2) is 3.90 Å². The Morgan fingerprint density at radius 3 is 2.56 bits per heavy atom. The van der Waals surface area contributed by atoms with Gasteiger partial charge >= 0.3 is 0 Å². The van der Waals surface area contributed by atoms with Crippen LogP contribution < -0.4 is 15.4 Å². The van der Waals surface area contributed by atoms with Gasteiger partial charge in [0.25, 0.3) is 0 Å². The second kappa shape index (κ2) is 8.13. The number of thioether (sulfide) groups is 1. The van der Waals surface area contributed by atoms with Crippen LogP contribution in [0.15, 0.2) is 73.3 Å². The lowest BCUT2D eigenvalue weighted by molar-refractivity contribution is 0.414. The molecule has 0 amide bonds. The summed E-state index contributed by atoms with van der Waals surface area (Å²) in [6.45, 7) is 3.82. The largest absolute Gasteiger partial charge is 0.497 e. The molecule has 1 heterocycles. The molecule has 2 N–H and O–H groups in total. The summed E-state index contributed by atoms with van der Waals surface area (Å²) < 4.78 is 4.80. The highest BCUT2D eigenvalue weighted by Gasteiger charge is 2.34. The molecule has 2 atom stereocenters. The molecule has 0 unspecified atom stereocenters. The molecule has 5 heteroatoms. The van der Waals surface area contributed by atoms with Gasteiger partial charge in [0.1, 0.15) is 5.75 Å². The molecule has 3 rings (SSSR count). The van der Waals surface area contributed by atoms with E-state index in [2.05, 4.69) is 75.6 Å². The van der Waals surface area contributed by atoms with Crippen molar-refractivity contribution in [1.29, 1.82) is 0 Å². The highest BCUT2D eigenvalue weighted by molar-refractivity contribution is 9.11. The van der Waals surface area contributed by atoms with E-state index in [0.717, 1.165) is 22.8 Å². The zero-order valence-electron chi connectivity index (χ0n) is 14.0. The molecule has 0 spiro atoms. The van der Waals surface area contributed by atoms with E-state index in [9.17, 15) is 0 Å². The number of hydrogen-bond donors (Lipinski definition) is 2. The third-order valence-corrected chi connectivity index (χ3v) is 6.06. The second-order valence-corrected chi connectivity index (χ2v) is 8.61. The minimum Gasteiger partial charge on any atom is -0.497 e. The van der Waals surface area contributed by atoms with Crippen molar-refractivity contribution in [3.05, 3.63) is 84.5 Å². The molecule has 0 aliphatic carbocycles. The van der Waals surface area contributed by atoms with Crippen LogP contribution in [0.5, 0.6) is 5.75 Å². The van der Waals surface area contributed by atoms with Gasteiger partial charge < -0.3 is 10.1 Å². The first-order valence-electron chi connectivity index (χ1n) is 8.04. The second-order valence-electron chi connectivity index (χ2n) is 5.66. The van der Waals surface area contributed by atoms with E-state index in [1.54, 1.807) is 18.9 Å². The van der Waals surface area contributed by atoms with Crippen molar-refractivity contribution in [2.24, 2.45) is 0 Å². The lowest BCUT2D eigenvalue weighted by atomic mass is 10.0. The van der Waals surface area contributed by atoms with E-state index in [1.165, 1.54) is 5.56 Å². The third-order valence-electron chi connectivity index (χ3n) is 3.93. The zero-order valence-corrected chi connectivity index (χ0v) is 16.4. The molecule has 0 bridgehead atoms. The average molecular weight is 417 g/mol. The van der Waals surface area contributed by atoms with Crippen molar-refractivity contribution in [1.82, 2.24) is 10.6 Å². The Bertz CT molecular complexity index is 748. The van der Waals surface area contributed by atoms with Crippen LogP contribution in [0.1, 0.15) is 17.2 Å². The predicted octanol–water partition coefficient (Wildman–Crippen LogP) is 4.90. The Hall–Kier alpha value is -1.69. The van der Waals surface area contributed by atoms with Gasteiger partial charge in [0, 0.05) is 11.4 Å². The maximum Gasteiger partial charge on any atom is 0.195 e. The Balaban J connectivity index is 1.95. The van der Waals surface area contributed by atoms with E-state index >= 15 is 0 Å². The van der Waals surface area contributed by atoms with Crippen LogP contribution in [0.25, 0.3) is 5.70 Å². The number of benzene rings is 2. The molecule has 2 aromatic carbocycles. The lowest BCUT2D eigenvalue weighted by Crippen LogP contribution is -2.52. The topological polar surface area (TPSA) is 33.3 Å². The smallest absolute Gasteiger partial charge is 0.195 e. The first-order valence-corrected chi connectivity index (χ1v) is 9.82. The zero-order chi connectivity index (χ0) is 17.7. The minimum atomic E-state index is -0.467. The summed E-state index contributed by atoms with van der Waals surface area (Å²) in [5.41, 5.74) is 3.41. The summed E-state index contributed by atoms with van der Waals surface area (Å²) in [6.07, 6.45) is 4.12. The Morgan fingerprint density at radius 1 is 1.20 bits per heavy atom. The number of hydrogen-bond acceptors (Lipinski definition) is 4. The molecule has 3 nitrogen and oxygen atoms in total. The maximum absolute atomic E-state index is 5.26. The SMILES string of the molecule is C=CCS[C@@]1(Br)NC(c2ccc(OC)cc2)=C[C@H](c2ccccc2)N1. The van der Waals surface area contributed by atoms with Crippen LogP contribution >= 0.6 is 27.7 Å². The monoisotopic (exact) mass is 416 g/mol. The van der Waals surface area contributed by atoms with Crippen molar-refractivity contribution < 1.29 is 4.74 Å². The molecular formula is C20H21BrN2OS. The normalized spacial score (nSPS) is 22.6. The number of methoxy groups -OCH3 is 1. The van der Waals surface area contributed by atoms with Gasteiger partial charge in [0.2, 0.25) is 0 Å². The molecule has 0 aromatic heterocycles. The minimum absolute atomic E-state index is 0.0937. The summed E-state index contributed by atoms with van der Waals surface area (Å²) in [5, 5.41) is 7.18. The van der Waals surface area contributed by atoms with Crippen LogP contribution in [0.4, 0.5) is 0 Å². The highest BCUT2D eigenvalue weighted by atomic mass is 79.9. The average Bonchev–Trinajstić information content (AvgIpc) is 2.67. The van der Waals surface area contributed by atoms with E-state index in [4.69, 9.17) is 4.74 Å². The van der Waals surface area contributed by atoms with Gasteiger partial charge in [-0.05, 0) is 57.4 Å². The number of alkyl halides is 1. The number of rotatable bonds is 6. The summed E-state index contributed by atoms with van der Waals surface area (Å²) >= 11 is 5.54. The van der Waals surface area contributed by atoms with E-state index in [1.807, 2.05) is 24.3 Å². The van der Waals surface area contributed by atoms with E-state index in [-0.39, 0.29) is 6.04 Å². The van der Waals surface area contributed by atoms with Crippen molar-refractivity contribution in [3.8, 4) is 5.75 Å². The Morgan fingerprint density at radius 2 is 1.92 bits per heavy atom. The molecule has 0 saturated carbocycles. The standard InChI is InChI=1S/C20H21BrN2OS/c1-3-13-25-20(21)22-18(15-7-5-4-6-8-15)14-19(23-20)16-9-11-17(24-2)12-10-16/h3-12,14,18,22-23H,1,13H2,2H3/t18-,20-/m1/s1. The summed E-state index contributed by atoms with van der Waals surface area (Å²) in [5.74, 6) is 1.67. The molecule has 25 heavy (non-hydrogen) atoms. The Kier molecular flexibility index (Phi) is 5.89. The highest BCUT2D eigenvalue weighted by Crippen LogP contribution is 2.37. The van der Waals surface area contributed by atoms with Gasteiger partial charge in [-0.1, -0.05) is 36.4 Å². The van der Waals surface area contributed by atoms with Crippen molar-refractivity contribution >= 4 is 33.4 Å². The van der Waals surface area contributed by atoms with Crippen LogP contribution in [-0.4, -0.2) is 16.8 Å². The van der Waals surface area contributed by atoms with Gasteiger partial charge in [-0.15, -0.1) is 18.3 Å². The number of nitrogens with one attached hydrogen (secondary N) is 2. The molecule has 1 aliphatic heterocycles. The first kappa shape index (κ1) is 18.1. The molecule has 0 saturated heterocycles. The molecule has 2 aromatic rings. The quantitative estimate of drug-likeness (QED) is 0.398. The van der Waals surface area contributed by atoms with Crippen molar-refractivity contribution in [3.63, 3.8) is 0 Å². The molecular weight excluding hydrogens is 396 g/mol. The molecule has 0 fully saturated rings. The van der Waals surface area contributed by atoms with Gasteiger partial charge in [-0.25, -0.2) is 0 Å². The lowest BCUT2D eigenvalue weighted by Gasteiger charge is -2.39. The van der Waals surface area contributed by atoms with Gasteiger partial charge in [-0.3, -0.25) is 5.32 Å². The van der Waals surface area contributed by atoms with E-state index < -0.39 is 3.90 Å². The predicted molar refractivity (Wildman–Crippen MR) is 111 cm³/mol. The fourth-order valence-electron chi connectivity index (χ4n) is 2.69. The fourth-order valence-corrected chi connectivity index (χ4v) is 4.29. The fraction of sp³-hybridized carbons (Fsp3) is 0.200. The van der Waals surface area contributed by atoms with Crippen LogP contribution in [0.2, 0.25) is 0 Å². The summed E-state index contributed by atoms with van der Waals surface area (Å²) in [6, 6.07) is 18.6. The number of ether oxygens (including phenoxy) is 1. The van der Waals surface area contributed by atoms with Crippen LogP contribution in [0, 0.1) is 0 Å².